The molecule has 1 fully saturated rings. The van der Waals surface area contributed by atoms with Crippen LogP contribution in [0.2, 0.25) is 0 Å². The zero-order valence-electron chi connectivity index (χ0n) is 10.1. The zero-order valence-corrected chi connectivity index (χ0v) is 10.1. The maximum atomic E-state index is 11.8. The first kappa shape index (κ1) is 12.1. The third-order valence-corrected chi connectivity index (χ3v) is 3.45. The lowest BCUT2D eigenvalue weighted by atomic mass is 9.85. The van der Waals surface area contributed by atoms with Crippen LogP contribution < -0.4 is 5.73 Å². The number of rotatable bonds is 5. The highest BCUT2D eigenvalue weighted by molar-refractivity contribution is 5.78. The molecular weight excluding hydrogens is 212 g/mol. The average molecular weight is 232 g/mol. The first-order valence-electron chi connectivity index (χ1n) is 6.31. The number of hydrogen-bond acceptors (Lipinski definition) is 2. The van der Waals surface area contributed by atoms with Gasteiger partial charge in [0.15, 0.2) is 0 Å². The number of benzene rings is 1. The van der Waals surface area contributed by atoms with Crippen molar-refractivity contribution in [2.45, 2.75) is 25.8 Å². The second-order valence-corrected chi connectivity index (χ2v) is 4.76. The number of carbonyl (C=O) groups excluding carboxylic acids is 1. The van der Waals surface area contributed by atoms with E-state index >= 15 is 0 Å². The second kappa shape index (κ2) is 5.82. The van der Waals surface area contributed by atoms with Crippen LogP contribution in [-0.2, 0) is 11.3 Å². The molecule has 0 aliphatic heterocycles. The monoisotopic (exact) mass is 232 g/mol. The molecule has 0 radical (unpaired) electrons. The fraction of sp³-hybridized carbons (Fsp3) is 0.500. The summed E-state index contributed by atoms with van der Waals surface area (Å²) in [5, 5.41) is 0. The molecule has 1 aromatic carbocycles. The van der Waals surface area contributed by atoms with Gasteiger partial charge in [-0.2, -0.15) is 0 Å². The molecule has 0 aromatic heterocycles. The molecular formula is C14H20N2O. The Morgan fingerprint density at radius 3 is 2.53 bits per heavy atom. The van der Waals surface area contributed by atoms with E-state index in [1.165, 1.54) is 24.8 Å². The van der Waals surface area contributed by atoms with E-state index in [4.69, 9.17) is 5.73 Å². The van der Waals surface area contributed by atoms with Crippen LogP contribution in [0.3, 0.4) is 0 Å². The van der Waals surface area contributed by atoms with Gasteiger partial charge in [0.25, 0.3) is 0 Å². The van der Waals surface area contributed by atoms with Gasteiger partial charge in [0.2, 0.25) is 5.91 Å². The third kappa shape index (κ3) is 3.30. The van der Waals surface area contributed by atoms with Gasteiger partial charge in [-0.1, -0.05) is 36.8 Å². The van der Waals surface area contributed by atoms with Crippen LogP contribution in [0.5, 0.6) is 0 Å². The molecule has 2 N–H and O–H groups in total. The van der Waals surface area contributed by atoms with Gasteiger partial charge in [-0.15, -0.1) is 0 Å². The Balaban J connectivity index is 1.97. The summed E-state index contributed by atoms with van der Waals surface area (Å²) < 4.78 is 0. The summed E-state index contributed by atoms with van der Waals surface area (Å²) in [6.07, 6.45) is 3.81. The lowest BCUT2D eigenvalue weighted by molar-refractivity contribution is -0.131. The fourth-order valence-corrected chi connectivity index (χ4v) is 2.17. The average Bonchev–Trinajstić information content (AvgIpc) is 2.32. The van der Waals surface area contributed by atoms with E-state index < -0.39 is 0 Å². The molecule has 2 rings (SSSR count). The Bertz CT molecular complexity index is 360. The van der Waals surface area contributed by atoms with E-state index in [9.17, 15) is 4.79 Å². The van der Waals surface area contributed by atoms with Crippen molar-refractivity contribution in [3.8, 4) is 0 Å². The highest BCUT2D eigenvalue weighted by Crippen LogP contribution is 2.27. The van der Waals surface area contributed by atoms with Gasteiger partial charge in [0.1, 0.15) is 0 Å². The van der Waals surface area contributed by atoms with Crippen LogP contribution >= 0.6 is 0 Å². The molecule has 1 aliphatic rings. The predicted molar refractivity (Wildman–Crippen MR) is 68.3 cm³/mol. The Kier molecular flexibility index (Phi) is 4.15. The summed E-state index contributed by atoms with van der Waals surface area (Å²) in [7, 11) is 0. The Morgan fingerprint density at radius 1 is 1.29 bits per heavy atom. The summed E-state index contributed by atoms with van der Waals surface area (Å²) in [4.78, 5) is 13.7. The molecule has 17 heavy (non-hydrogen) atoms. The van der Waals surface area contributed by atoms with Gasteiger partial charge >= 0.3 is 0 Å². The minimum atomic E-state index is 0.0563. The van der Waals surface area contributed by atoms with E-state index in [2.05, 4.69) is 12.1 Å². The molecule has 1 saturated carbocycles. The topological polar surface area (TPSA) is 46.3 Å². The van der Waals surface area contributed by atoms with Crippen LogP contribution in [0.25, 0.3) is 0 Å². The predicted octanol–water partition coefficient (Wildman–Crippen LogP) is 1.77. The van der Waals surface area contributed by atoms with Gasteiger partial charge in [-0.3, -0.25) is 4.79 Å². The number of nitrogens with zero attached hydrogens (tertiary/aromatic N) is 1. The highest BCUT2D eigenvalue weighted by atomic mass is 16.2. The molecule has 0 saturated heterocycles. The van der Waals surface area contributed by atoms with Crippen molar-refractivity contribution in [2.75, 3.05) is 13.1 Å². The molecule has 0 unspecified atom stereocenters. The SMILES string of the molecule is NCC(=O)N(Cc1ccccc1)CC1CCC1. The Morgan fingerprint density at radius 2 is 2.00 bits per heavy atom. The molecule has 3 nitrogen and oxygen atoms in total. The molecule has 1 aliphatic carbocycles. The van der Waals surface area contributed by atoms with Crippen molar-refractivity contribution in [1.82, 2.24) is 4.90 Å². The van der Waals surface area contributed by atoms with Crippen molar-refractivity contribution in [1.29, 1.82) is 0 Å². The molecule has 3 heteroatoms. The summed E-state index contributed by atoms with van der Waals surface area (Å²) in [5.41, 5.74) is 6.65. The lowest BCUT2D eigenvalue weighted by Crippen LogP contribution is -2.40. The Hall–Kier alpha value is -1.35. The van der Waals surface area contributed by atoms with E-state index in [0.29, 0.717) is 12.5 Å². The number of carbonyl (C=O) groups is 1. The summed E-state index contributed by atoms with van der Waals surface area (Å²) in [6, 6.07) is 10.1. The normalized spacial score (nSPS) is 15.4. The van der Waals surface area contributed by atoms with Crippen molar-refractivity contribution < 1.29 is 4.79 Å². The van der Waals surface area contributed by atoms with Crippen LogP contribution in [0.4, 0.5) is 0 Å². The molecule has 0 atom stereocenters. The van der Waals surface area contributed by atoms with Gasteiger partial charge in [-0.05, 0) is 24.3 Å². The standard InChI is InChI=1S/C14H20N2O/c15-9-14(17)16(11-13-7-4-8-13)10-12-5-2-1-3-6-12/h1-3,5-6,13H,4,7-11,15H2. The molecule has 92 valence electrons. The summed E-state index contributed by atoms with van der Waals surface area (Å²) in [5.74, 6) is 0.745. The smallest absolute Gasteiger partial charge is 0.236 e. The van der Waals surface area contributed by atoms with E-state index in [1.807, 2.05) is 23.1 Å². The van der Waals surface area contributed by atoms with Gasteiger partial charge in [0, 0.05) is 13.1 Å². The maximum absolute atomic E-state index is 11.8. The quantitative estimate of drug-likeness (QED) is 0.841. The molecule has 0 spiro atoms. The molecule has 0 bridgehead atoms. The minimum Gasteiger partial charge on any atom is -0.337 e. The van der Waals surface area contributed by atoms with Gasteiger partial charge in [0.05, 0.1) is 6.54 Å². The lowest BCUT2D eigenvalue weighted by Gasteiger charge is -2.32. The van der Waals surface area contributed by atoms with Crippen LogP contribution in [-0.4, -0.2) is 23.9 Å². The number of hydrogen-bond donors (Lipinski definition) is 1. The first-order valence-corrected chi connectivity index (χ1v) is 6.31. The van der Waals surface area contributed by atoms with Gasteiger partial charge < -0.3 is 10.6 Å². The largest absolute Gasteiger partial charge is 0.337 e. The third-order valence-electron chi connectivity index (χ3n) is 3.45. The van der Waals surface area contributed by atoms with Crippen LogP contribution in [0, 0.1) is 5.92 Å². The molecule has 0 heterocycles. The van der Waals surface area contributed by atoms with E-state index in [1.54, 1.807) is 0 Å². The fourth-order valence-electron chi connectivity index (χ4n) is 2.17. The molecule has 1 amide bonds. The maximum Gasteiger partial charge on any atom is 0.236 e. The van der Waals surface area contributed by atoms with E-state index in [-0.39, 0.29) is 12.5 Å². The number of nitrogens with two attached hydrogens (primary N) is 1. The highest BCUT2D eigenvalue weighted by Gasteiger charge is 2.22. The second-order valence-electron chi connectivity index (χ2n) is 4.76. The summed E-state index contributed by atoms with van der Waals surface area (Å²) >= 11 is 0. The van der Waals surface area contributed by atoms with Crippen molar-refractivity contribution >= 4 is 5.91 Å². The van der Waals surface area contributed by atoms with Crippen LogP contribution in [0.1, 0.15) is 24.8 Å². The van der Waals surface area contributed by atoms with Crippen molar-refractivity contribution in [3.05, 3.63) is 35.9 Å². The van der Waals surface area contributed by atoms with Crippen LogP contribution in [0.15, 0.2) is 30.3 Å². The van der Waals surface area contributed by atoms with E-state index in [0.717, 1.165) is 6.54 Å². The number of amides is 1. The van der Waals surface area contributed by atoms with Crippen molar-refractivity contribution in [3.63, 3.8) is 0 Å². The first-order chi connectivity index (χ1) is 8.29. The zero-order chi connectivity index (χ0) is 12.1. The van der Waals surface area contributed by atoms with Crippen molar-refractivity contribution in [2.24, 2.45) is 11.7 Å². The minimum absolute atomic E-state index is 0.0563. The molecule has 1 aromatic rings. The summed E-state index contributed by atoms with van der Waals surface area (Å²) in [6.45, 7) is 1.66. The van der Waals surface area contributed by atoms with Gasteiger partial charge in [-0.25, -0.2) is 0 Å². The Labute approximate surface area is 103 Å².